The third-order valence-electron chi connectivity index (χ3n) is 7.45. The van der Waals surface area contributed by atoms with Crippen LogP contribution in [0.2, 0.25) is 0 Å². The summed E-state index contributed by atoms with van der Waals surface area (Å²) < 4.78 is 11.0. The van der Waals surface area contributed by atoms with Gasteiger partial charge in [-0.05, 0) is 43.0 Å². The molecule has 3 nitrogen and oxygen atoms in total. The van der Waals surface area contributed by atoms with Crippen molar-refractivity contribution < 1.29 is 14.3 Å². The van der Waals surface area contributed by atoms with Gasteiger partial charge in [-0.1, -0.05) is 130 Å². The summed E-state index contributed by atoms with van der Waals surface area (Å²) >= 11 is 0. The van der Waals surface area contributed by atoms with Crippen LogP contribution in [-0.2, 0) is 9.53 Å². The molecule has 0 saturated carbocycles. The average molecular weight is 549 g/mol. The van der Waals surface area contributed by atoms with Crippen LogP contribution in [0.25, 0.3) is 0 Å². The lowest BCUT2D eigenvalue weighted by Crippen LogP contribution is -2.15. The summed E-state index contributed by atoms with van der Waals surface area (Å²) in [5.74, 6) is 0.481. The minimum atomic E-state index is -0.401. The first-order valence-corrected chi connectivity index (χ1v) is 14.6. The lowest BCUT2D eigenvalue weighted by atomic mass is 9.81. The minimum Gasteiger partial charge on any atom is -0.423 e. The van der Waals surface area contributed by atoms with E-state index in [1.807, 2.05) is 32.0 Å². The van der Waals surface area contributed by atoms with Crippen molar-refractivity contribution in [2.75, 3.05) is 13.2 Å². The van der Waals surface area contributed by atoms with Crippen LogP contribution in [0, 0.1) is 0 Å². The lowest BCUT2D eigenvalue weighted by molar-refractivity contribution is -0.130. The molecule has 3 heteroatoms. The number of hydrogen-bond acceptors (Lipinski definition) is 3. The number of benzene rings is 4. The normalized spacial score (nSPS) is 12.8. The summed E-state index contributed by atoms with van der Waals surface area (Å²) in [6.45, 7) is 17.8. The average Bonchev–Trinajstić information content (AvgIpc) is 3.02. The molecular weight excluding hydrogens is 504 g/mol. The number of ether oxygens (including phenoxy) is 2. The predicted molar refractivity (Wildman–Crippen MR) is 171 cm³/mol. The molecule has 0 fully saturated rings. The van der Waals surface area contributed by atoms with Crippen LogP contribution < -0.4 is 4.74 Å². The zero-order valence-corrected chi connectivity index (χ0v) is 25.4. The number of carbonyl (C=O) groups is 1. The molecule has 3 unspecified atom stereocenters. The van der Waals surface area contributed by atoms with E-state index in [2.05, 4.69) is 112 Å². The van der Waals surface area contributed by atoms with Gasteiger partial charge >= 0.3 is 5.97 Å². The van der Waals surface area contributed by atoms with E-state index in [9.17, 15) is 4.79 Å². The van der Waals surface area contributed by atoms with Crippen molar-refractivity contribution in [1.29, 1.82) is 0 Å². The first-order chi connectivity index (χ1) is 19.8. The van der Waals surface area contributed by atoms with E-state index in [0.29, 0.717) is 11.3 Å². The maximum atomic E-state index is 12.9. The molecule has 0 bridgehead atoms. The van der Waals surface area contributed by atoms with E-state index >= 15 is 0 Å². The highest BCUT2D eigenvalue weighted by Gasteiger charge is 2.26. The van der Waals surface area contributed by atoms with Crippen molar-refractivity contribution >= 4 is 5.97 Å². The van der Waals surface area contributed by atoms with Gasteiger partial charge < -0.3 is 9.47 Å². The molecule has 0 spiro atoms. The van der Waals surface area contributed by atoms with Gasteiger partial charge in [-0.25, -0.2) is 4.79 Å². The zero-order valence-electron chi connectivity index (χ0n) is 25.4. The van der Waals surface area contributed by atoms with E-state index in [-0.39, 0.29) is 17.8 Å². The second kappa shape index (κ2) is 15.7. The van der Waals surface area contributed by atoms with Crippen LogP contribution in [0.4, 0.5) is 0 Å². The largest absolute Gasteiger partial charge is 0.423 e. The molecule has 0 radical (unpaired) electrons. The number of esters is 1. The molecule has 0 N–H and O–H groups in total. The van der Waals surface area contributed by atoms with E-state index in [0.717, 1.165) is 24.3 Å². The molecule has 214 valence electrons. The maximum absolute atomic E-state index is 12.9. The molecule has 41 heavy (non-hydrogen) atoms. The Morgan fingerprint density at radius 2 is 1.00 bits per heavy atom. The fraction of sp³-hybridized carbons (Fsp3) is 0.289. The molecule has 0 aliphatic heterocycles. The van der Waals surface area contributed by atoms with Gasteiger partial charge in [-0.15, -0.1) is 0 Å². The van der Waals surface area contributed by atoms with Crippen LogP contribution in [0.3, 0.4) is 0 Å². The van der Waals surface area contributed by atoms with E-state index < -0.39 is 5.97 Å². The molecule has 0 amide bonds. The molecule has 0 aromatic heterocycles. The maximum Gasteiger partial charge on any atom is 0.338 e. The number of carbonyl (C=O) groups excluding carboxylic acids is 1. The third kappa shape index (κ3) is 8.52. The Balaban J connectivity index is 0.000000850. The van der Waals surface area contributed by atoms with Crippen molar-refractivity contribution in [1.82, 2.24) is 0 Å². The van der Waals surface area contributed by atoms with Gasteiger partial charge in [-0.2, -0.15) is 0 Å². The minimum absolute atomic E-state index is 0.0313. The van der Waals surface area contributed by atoms with Gasteiger partial charge in [0.15, 0.2) is 0 Å². The van der Waals surface area contributed by atoms with Crippen LogP contribution in [0.15, 0.2) is 115 Å². The summed E-state index contributed by atoms with van der Waals surface area (Å²) in [5.41, 5.74) is 7.20. The highest BCUT2D eigenvalue weighted by molar-refractivity contribution is 5.89. The van der Waals surface area contributed by atoms with E-state index in [1.165, 1.54) is 22.3 Å². The van der Waals surface area contributed by atoms with Gasteiger partial charge in [0.25, 0.3) is 0 Å². The summed E-state index contributed by atoms with van der Waals surface area (Å²) in [7, 11) is 0. The van der Waals surface area contributed by atoms with E-state index in [1.54, 1.807) is 6.92 Å². The molecular formula is C38H44O3. The summed E-state index contributed by atoms with van der Waals surface area (Å²) in [5, 5.41) is 0. The van der Waals surface area contributed by atoms with Gasteiger partial charge in [0, 0.05) is 47.7 Å². The fourth-order valence-electron chi connectivity index (χ4n) is 4.87. The monoisotopic (exact) mass is 548 g/mol. The van der Waals surface area contributed by atoms with Crippen molar-refractivity contribution in [3.63, 3.8) is 0 Å². The molecule has 4 aromatic carbocycles. The van der Waals surface area contributed by atoms with Crippen molar-refractivity contribution in [3.8, 4) is 5.75 Å². The fourth-order valence-corrected chi connectivity index (χ4v) is 4.87. The van der Waals surface area contributed by atoms with Crippen LogP contribution in [-0.4, -0.2) is 19.2 Å². The molecule has 0 aliphatic carbocycles. The summed E-state index contributed by atoms with van der Waals surface area (Å²) in [4.78, 5) is 12.9. The van der Waals surface area contributed by atoms with Gasteiger partial charge in [0.1, 0.15) is 5.75 Å². The predicted octanol–water partition coefficient (Wildman–Crippen LogP) is 9.67. The molecule has 0 saturated heterocycles. The smallest absolute Gasteiger partial charge is 0.338 e. The Morgan fingerprint density at radius 1 is 0.634 bits per heavy atom. The second-order valence-electron chi connectivity index (χ2n) is 10.4. The first-order valence-electron chi connectivity index (χ1n) is 14.6. The van der Waals surface area contributed by atoms with Crippen molar-refractivity contribution in [2.45, 2.75) is 59.3 Å². The molecule has 4 rings (SSSR count). The zero-order chi connectivity index (χ0) is 29.8. The highest BCUT2D eigenvalue weighted by Crippen LogP contribution is 2.43. The molecule has 0 heterocycles. The molecule has 3 atom stereocenters. The molecule has 0 aliphatic rings. The SMILES string of the molecule is C=C(C)C(=O)Oc1c(C(C)c2ccccc2)cc(C(C)c2ccccc2)cc1C(C)c1ccccc1.CCOCC. The van der Waals surface area contributed by atoms with Crippen molar-refractivity contribution in [2.24, 2.45) is 0 Å². The number of rotatable bonds is 10. The van der Waals surface area contributed by atoms with Gasteiger partial charge in [-0.3, -0.25) is 0 Å². The van der Waals surface area contributed by atoms with Crippen LogP contribution in [0.1, 0.15) is 92.7 Å². The van der Waals surface area contributed by atoms with E-state index in [4.69, 9.17) is 9.47 Å². The quantitative estimate of drug-likeness (QED) is 0.112. The molecule has 4 aromatic rings. The van der Waals surface area contributed by atoms with Gasteiger partial charge in [0.2, 0.25) is 0 Å². The topological polar surface area (TPSA) is 35.5 Å². The van der Waals surface area contributed by atoms with Crippen molar-refractivity contribution in [3.05, 3.63) is 149 Å². The first kappa shape index (κ1) is 31.6. The summed E-state index contributed by atoms with van der Waals surface area (Å²) in [6.07, 6.45) is 0. The highest BCUT2D eigenvalue weighted by atomic mass is 16.5. The van der Waals surface area contributed by atoms with Gasteiger partial charge in [0.05, 0.1) is 0 Å². The standard InChI is InChI=1S/C34H34O2.C4H10O/c1-23(2)34(35)36-33-31(25(4)28-17-11-7-12-18-28)21-30(24(3)27-15-9-6-10-16-27)22-32(33)26(5)29-19-13-8-14-20-29;1-3-5-4-2/h6-22,24-26H,1H2,2-5H3;3-4H2,1-2H3. The second-order valence-corrected chi connectivity index (χ2v) is 10.4. The Bertz CT molecular complexity index is 1310. The third-order valence-corrected chi connectivity index (χ3v) is 7.45. The Morgan fingerprint density at radius 3 is 1.32 bits per heavy atom. The number of hydrogen-bond donors (Lipinski definition) is 0. The van der Waals surface area contributed by atoms with Crippen LogP contribution in [0.5, 0.6) is 5.75 Å². The Labute approximate surface area is 246 Å². The Hall–Kier alpha value is -3.95. The lowest BCUT2D eigenvalue weighted by Gasteiger charge is -2.26. The van der Waals surface area contributed by atoms with Crippen LogP contribution >= 0.6 is 0 Å². The summed E-state index contributed by atoms with van der Waals surface area (Å²) in [6, 6.07) is 35.7. The Kier molecular flexibility index (Phi) is 12.1.